The van der Waals surface area contributed by atoms with Gasteiger partial charge in [-0.3, -0.25) is 9.48 Å². The van der Waals surface area contributed by atoms with E-state index in [4.69, 9.17) is 16.3 Å². The molecule has 0 amide bonds. The van der Waals surface area contributed by atoms with Crippen LogP contribution in [0.2, 0.25) is 5.02 Å². The average Bonchev–Trinajstić information content (AvgIpc) is 2.67. The zero-order valence-corrected chi connectivity index (χ0v) is 11.2. The van der Waals surface area contributed by atoms with Crippen molar-refractivity contribution in [2.75, 3.05) is 7.11 Å². The first-order valence-corrected chi connectivity index (χ1v) is 5.79. The smallest absolute Gasteiger partial charge is 0.214 e. The molecule has 1 heterocycles. The Morgan fingerprint density at radius 1 is 1.39 bits per heavy atom. The molecule has 2 rings (SSSR count). The third-order valence-corrected chi connectivity index (χ3v) is 2.88. The molecular formula is C13H13ClN2O2. The zero-order valence-electron chi connectivity index (χ0n) is 10.4. The summed E-state index contributed by atoms with van der Waals surface area (Å²) in [6.07, 6.45) is 0. The van der Waals surface area contributed by atoms with Crippen molar-refractivity contribution in [2.45, 2.75) is 6.92 Å². The van der Waals surface area contributed by atoms with Gasteiger partial charge < -0.3 is 4.74 Å². The van der Waals surface area contributed by atoms with Gasteiger partial charge in [0.25, 0.3) is 0 Å². The first kappa shape index (κ1) is 12.6. The molecule has 94 valence electrons. The Hall–Kier alpha value is -1.81. The average molecular weight is 265 g/mol. The molecule has 0 radical (unpaired) electrons. The van der Waals surface area contributed by atoms with Crippen molar-refractivity contribution in [3.05, 3.63) is 46.2 Å². The maximum atomic E-state index is 12.4. The number of carbonyl (C=O) groups excluding carboxylic acids is 1. The number of halogens is 1. The van der Waals surface area contributed by atoms with Crippen LogP contribution in [-0.2, 0) is 7.05 Å². The third-order valence-electron chi connectivity index (χ3n) is 2.64. The van der Waals surface area contributed by atoms with Gasteiger partial charge in [0, 0.05) is 12.1 Å². The SMILES string of the molecule is COc1ccc(Cl)cc1C(=O)c1cc(C)nn1C. The fourth-order valence-electron chi connectivity index (χ4n) is 1.82. The van der Waals surface area contributed by atoms with Gasteiger partial charge in [0.15, 0.2) is 0 Å². The summed E-state index contributed by atoms with van der Waals surface area (Å²) in [6, 6.07) is 6.71. The molecule has 0 bridgehead atoms. The number of hydrogen-bond donors (Lipinski definition) is 0. The van der Waals surface area contributed by atoms with Gasteiger partial charge in [0.2, 0.25) is 5.78 Å². The topological polar surface area (TPSA) is 44.1 Å². The van der Waals surface area contributed by atoms with E-state index >= 15 is 0 Å². The molecule has 0 unspecified atom stereocenters. The lowest BCUT2D eigenvalue weighted by molar-refractivity contribution is 0.102. The number of methoxy groups -OCH3 is 1. The molecule has 18 heavy (non-hydrogen) atoms. The summed E-state index contributed by atoms with van der Waals surface area (Å²) in [6.45, 7) is 1.84. The monoisotopic (exact) mass is 264 g/mol. The highest BCUT2D eigenvalue weighted by Gasteiger charge is 2.18. The number of nitrogens with zero attached hydrogens (tertiary/aromatic N) is 2. The predicted molar refractivity (Wildman–Crippen MR) is 69.4 cm³/mol. The number of benzene rings is 1. The molecule has 0 N–H and O–H groups in total. The van der Waals surface area contributed by atoms with E-state index in [2.05, 4.69) is 5.10 Å². The highest BCUT2D eigenvalue weighted by atomic mass is 35.5. The zero-order chi connectivity index (χ0) is 13.3. The van der Waals surface area contributed by atoms with Crippen molar-refractivity contribution in [1.82, 2.24) is 9.78 Å². The van der Waals surface area contributed by atoms with Crippen LogP contribution in [0.4, 0.5) is 0 Å². The Bertz CT molecular complexity index is 605. The summed E-state index contributed by atoms with van der Waals surface area (Å²) in [7, 11) is 3.26. The van der Waals surface area contributed by atoms with E-state index in [0.29, 0.717) is 22.0 Å². The lowest BCUT2D eigenvalue weighted by Gasteiger charge is -2.08. The van der Waals surface area contributed by atoms with Gasteiger partial charge in [-0.05, 0) is 31.2 Å². The molecule has 1 aromatic heterocycles. The quantitative estimate of drug-likeness (QED) is 0.801. The van der Waals surface area contributed by atoms with Crippen LogP contribution in [0.1, 0.15) is 21.7 Å². The largest absolute Gasteiger partial charge is 0.496 e. The van der Waals surface area contributed by atoms with Gasteiger partial charge in [-0.2, -0.15) is 5.10 Å². The molecule has 0 saturated carbocycles. The van der Waals surface area contributed by atoms with E-state index < -0.39 is 0 Å². The molecule has 0 saturated heterocycles. The van der Waals surface area contributed by atoms with E-state index in [1.54, 1.807) is 36.0 Å². The highest BCUT2D eigenvalue weighted by molar-refractivity contribution is 6.31. The van der Waals surface area contributed by atoms with E-state index in [1.165, 1.54) is 7.11 Å². The number of ketones is 1. The van der Waals surface area contributed by atoms with E-state index in [9.17, 15) is 4.79 Å². The Balaban J connectivity index is 2.51. The predicted octanol–water partition coefficient (Wildman–Crippen LogP) is 2.62. The maximum Gasteiger partial charge on any atom is 0.214 e. The molecule has 0 atom stereocenters. The summed E-state index contributed by atoms with van der Waals surface area (Å²) in [5.41, 5.74) is 1.74. The van der Waals surface area contributed by atoms with Crippen LogP contribution in [0.5, 0.6) is 5.75 Å². The van der Waals surface area contributed by atoms with Crippen LogP contribution < -0.4 is 4.74 Å². The van der Waals surface area contributed by atoms with Crippen molar-refractivity contribution in [1.29, 1.82) is 0 Å². The van der Waals surface area contributed by atoms with Crippen molar-refractivity contribution in [2.24, 2.45) is 7.05 Å². The van der Waals surface area contributed by atoms with E-state index in [-0.39, 0.29) is 5.78 Å². The molecule has 1 aromatic carbocycles. The second-order valence-corrected chi connectivity index (χ2v) is 4.40. The van der Waals surface area contributed by atoms with Crippen LogP contribution >= 0.6 is 11.6 Å². The number of ether oxygens (including phenoxy) is 1. The van der Waals surface area contributed by atoms with E-state index in [1.807, 2.05) is 6.92 Å². The van der Waals surface area contributed by atoms with Gasteiger partial charge in [-0.1, -0.05) is 11.6 Å². The van der Waals surface area contributed by atoms with Crippen molar-refractivity contribution in [3.63, 3.8) is 0 Å². The lowest BCUT2D eigenvalue weighted by atomic mass is 10.1. The maximum absolute atomic E-state index is 12.4. The Morgan fingerprint density at radius 2 is 2.11 bits per heavy atom. The fourth-order valence-corrected chi connectivity index (χ4v) is 1.99. The van der Waals surface area contributed by atoms with Crippen LogP contribution in [0.15, 0.2) is 24.3 Å². The Labute approximate surface area is 110 Å². The molecule has 0 aliphatic rings. The van der Waals surface area contributed by atoms with Gasteiger partial charge in [0.1, 0.15) is 11.4 Å². The molecule has 0 fully saturated rings. The molecule has 0 aliphatic carbocycles. The second-order valence-electron chi connectivity index (χ2n) is 3.97. The van der Waals surface area contributed by atoms with Gasteiger partial charge >= 0.3 is 0 Å². The number of aryl methyl sites for hydroxylation is 2. The van der Waals surface area contributed by atoms with Gasteiger partial charge in [-0.15, -0.1) is 0 Å². The van der Waals surface area contributed by atoms with Crippen LogP contribution in [-0.4, -0.2) is 22.7 Å². The van der Waals surface area contributed by atoms with Gasteiger partial charge in [0.05, 0.1) is 18.4 Å². The van der Waals surface area contributed by atoms with Gasteiger partial charge in [-0.25, -0.2) is 0 Å². The minimum atomic E-state index is -0.155. The first-order valence-electron chi connectivity index (χ1n) is 5.42. The molecular weight excluding hydrogens is 252 g/mol. The Morgan fingerprint density at radius 3 is 2.67 bits per heavy atom. The molecule has 2 aromatic rings. The minimum absolute atomic E-state index is 0.155. The molecule has 4 nitrogen and oxygen atoms in total. The Kier molecular flexibility index (Phi) is 3.39. The lowest BCUT2D eigenvalue weighted by Crippen LogP contribution is -2.09. The third kappa shape index (κ3) is 2.24. The molecule has 0 aliphatic heterocycles. The number of hydrogen-bond acceptors (Lipinski definition) is 3. The highest BCUT2D eigenvalue weighted by Crippen LogP contribution is 2.25. The normalized spacial score (nSPS) is 10.4. The molecule has 5 heteroatoms. The summed E-state index contributed by atoms with van der Waals surface area (Å²) in [5, 5.41) is 4.66. The van der Waals surface area contributed by atoms with Crippen LogP contribution in [0.3, 0.4) is 0 Å². The summed E-state index contributed by atoms with van der Waals surface area (Å²) in [4.78, 5) is 12.4. The van der Waals surface area contributed by atoms with Crippen LogP contribution in [0, 0.1) is 6.92 Å². The molecule has 0 spiro atoms. The number of rotatable bonds is 3. The van der Waals surface area contributed by atoms with Crippen molar-refractivity contribution < 1.29 is 9.53 Å². The van der Waals surface area contributed by atoms with Crippen molar-refractivity contribution in [3.8, 4) is 5.75 Å². The standard InChI is InChI=1S/C13H13ClN2O2/c1-8-6-11(16(2)15-8)13(17)10-7-9(14)4-5-12(10)18-3/h4-7H,1-3H3. The minimum Gasteiger partial charge on any atom is -0.496 e. The first-order chi connectivity index (χ1) is 8.52. The number of carbonyl (C=O) groups is 1. The summed E-state index contributed by atoms with van der Waals surface area (Å²) in [5.74, 6) is 0.348. The summed E-state index contributed by atoms with van der Waals surface area (Å²) >= 11 is 5.92. The van der Waals surface area contributed by atoms with E-state index in [0.717, 1.165) is 5.69 Å². The summed E-state index contributed by atoms with van der Waals surface area (Å²) < 4.78 is 6.73. The fraction of sp³-hybridized carbons (Fsp3) is 0.231. The van der Waals surface area contributed by atoms with Crippen molar-refractivity contribution >= 4 is 17.4 Å². The van der Waals surface area contributed by atoms with Crippen LogP contribution in [0.25, 0.3) is 0 Å². The number of aromatic nitrogens is 2. The second kappa shape index (κ2) is 4.82.